The van der Waals surface area contributed by atoms with Crippen molar-refractivity contribution in [3.63, 3.8) is 0 Å². The lowest BCUT2D eigenvalue weighted by Gasteiger charge is -2.33. The first-order chi connectivity index (χ1) is 8.59. The van der Waals surface area contributed by atoms with E-state index in [1.165, 1.54) is 31.4 Å². The van der Waals surface area contributed by atoms with E-state index in [0.717, 1.165) is 12.8 Å². The summed E-state index contributed by atoms with van der Waals surface area (Å²) in [6.07, 6.45) is 5.60. The van der Waals surface area contributed by atoms with Gasteiger partial charge in [-0.3, -0.25) is 0 Å². The molecule has 0 atom stereocenters. The Balaban J connectivity index is 1.86. The monoisotopic (exact) mass is 271 g/mol. The Morgan fingerprint density at radius 2 is 2.00 bits per heavy atom. The average molecular weight is 272 g/mol. The van der Waals surface area contributed by atoms with Gasteiger partial charge in [0.15, 0.2) is 0 Å². The summed E-state index contributed by atoms with van der Waals surface area (Å²) in [6, 6.07) is 4.30. The van der Waals surface area contributed by atoms with Crippen LogP contribution in [0.25, 0.3) is 0 Å². The van der Waals surface area contributed by atoms with Crippen LogP contribution >= 0.6 is 11.6 Å². The number of hydrogen-bond acceptors (Lipinski definition) is 2. The summed E-state index contributed by atoms with van der Waals surface area (Å²) in [6.45, 7) is 0.829. The van der Waals surface area contributed by atoms with Crippen LogP contribution in [-0.2, 0) is 11.3 Å². The van der Waals surface area contributed by atoms with Gasteiger partial charge < -0.3 is 10.5 Å². The fourth-order valence-electron chi connectivity index (χ4n) is 2.42. The highest BCUT2D eigenvalue weighted by molar-refractivity contribution is 6.31. The molecule has 18 heavy (non-hydrogen) atoms. The van der Waals surface area contributed by atoms with Crippen LogP contribution < -0.4 is 5.73 Å². The Morgan fingerprint density at radius 3 is 2.72 bits per heavy atom. The third kappa shape index (κ3) is 3.67. The molecule has 2 rings (SSSR count). The first kappa shape index (κ1) is 13.8. The highest BCUT2D eigenvalue weighted by Gasteiger charge is 2.27. The Kier molecular flexibility index (Phi) is 4.60. The molecular formula is C14H19ClFNO. The van der Waals surface area contributed by atoms with Crippen LogP contribution in [0.4, 0.5) is 4.39 Å². The van der Waals surface area contributed by atoms with Gasteiger partial charge in [-0.2, -0.15) is 0 Å². The zero-order valence-corrected chi connectivity index (χ0v) is 11.2. The molecule has 0 bridgehead atoms. The van der Waals surface area contributed by atoms with Gasteiger partial charge in [0.25, 0.3) is 0 Å². The fraction of sp³-hybridized carbons (Fsp3) is 0.571. The first-order valence-corrected chi connectivity index (χ1v) is 6.77. The molecule has 0 amide bonds. The van der Waals surface area contributed by atoms with Crippen molar-refractivity contribution < 1.29 is 9.13 Å². The number of hydrogen-bond donors (Lipinski definition) is 1. The van der Waals surface area contributed by atoms with Crippen LogP contribution in [0.3, 0.4) is 0 Å². The van der Waals surface area contributed by atoms with Gasteiger partial charge in [-0.25, -0.2) is 4.39 Å². The minimum absolute atomic E-state index is 0.210. The standard InChI is InChI=1S/C14H19ClFNO/c15-13-5-4-12(16)8-11(13)9-18-10-14(17)6-2-1-3-7-14/h4-5,8H,1-3,6-7,9-10,17H2. The largest absolute Gasteiger partial charge is 0.375 e. The van der Waals surface area contributed by atoms with E-state index >= 15 is 0 Å². The van der Waals surface area contributed by atoms with E-state index in [0.29, 0.717) is 23.8 Å². The van der Waals surface area contributed by atoms with Gasteiger partial charge >= 0.3 is 0 Å². The van der Waals surface area contributed by atoms with Crippen LogP contribution in [-0.4, -0.2) is 12.1 Å². The molecule has 1 aliphatic carbocycles. The highest BCUT2D eigenvalue weighted by atomic mass is 35.5. The molecule has 0 spiro atoms. The molecule has 0 unspecified atom stereocenters. The fourth-order valence-corrected chi connectivity index (χ4v) is 2.59. The van der Waals surface area contributed by atoms with Crippen LogP contribution in [0, 0.1) is 5.82 Å². The molecule has 1 saturated carbocycles. The van der Waals surface area contributed by atoms with Crippen LogP contribution in [0.15, 0.2) is 18.2 Å². The predicted octanol–water partition coefficient (Wildman–Crippen LogP) is 3.66. The van der Waals surface area contributed by atoms with Crippen LogP contribution in [0.5, 0.6) is 0 Å². The molecule has 0 heterocycles. The van der Waals surface area contributed by atoms with Crippen molar-refractivity contribution in [2.45, 2.75) is 44.2 Å². The lowest BCUT2D eigenvalue weighted by molar-refractivity contribution is 0.0574. The van der Waals surface area contributed by atoms with Gasteiger partial charge in [0.1, 0.15) is 5.82 Å². The van der Waals surface area contributed by atoms with Crippen molar-refractivity contribution in [2.24, 2.45) is 5.73 Å². The lowest BCUT2D eigenvalue weighted by atomic mass is 9.83. The van der Waals surface area contributed by atoms with Gasteiger partial charge in [0.05, 0.1) is 13.2 Å². The maximum atomic E-state index is 13.1. The van der Waals surface area contributed by atoms with E-state index in [4.69, 9.17) is 22.1 Å². The smallest absolute Gasteiger partial charge is 0.123 e. The zero-order valence-electron chi connectivity index (χ0n) is 10.4. The minimum atomic E-state index is -0.293. The predicted molar refractivity (Wildman–Crippen MR) is 71.1 cm³/mol. The van der Waals surface area contributed by atoms with Gasteiger partial charge in [-0.15, -0.1) is 0 Å². The molecule has 1 aromatic carbocycles. The van der Waals surface area contributed by atoms with Gasteiger partial charge in [-0.1, -0.05) is 30.9 Å². The summed E-state index contributed by atoms with van der Waals surface area (Å²) in [4.78, 5) is 0. The first-order valence-electron chi connectivity index (χ1n) is 6.40. The number of nitrogens with two attached hydrogens (primary N) is 1. The van der Waals surface area contributed by atoms with Crippen molar-refractivity contribution in [1.82, 2.24) is 0 Å². The van der Waals surface area contributed by atoms with E-state index in [-0.39, 0.29) is 11.4 Å². The van der Waals surface area contributed by atoms with Gasteiger partial charge in [0, 0.05) is 10.6 Å². The lowest BCUT2D eigenvalue weighted by Crippen LogP contribution is -2.46. The molecular weight excluding hydrogens is 253 g/mol. The third-order valence-electron chi connectivity index (χ3n) is 3.50. The Hall–Kier alpha value is -0.640. The van der Waals surface area contributed by atoms with Gasteiger partial charge in [-0.05, 0) is 36.6 Å². The van der Waals surface area contributed by atoms with Crippen LogP contribution in [0.2, 0.25) is 5.02 Å². The zero-order chi connectivity index (χ0) is 13.0. The number of benzene rings is 1. The van der Waals surface area contributed by atoms with Crippen molar-refractivity contribution in [3.05, 3.63) is 34.6 Å². The molecule has 1 aromatic rings. The Morgan fingerprint density at radius 1 is 1.28 bits per heavy atom. The summed E-state index contributed by atoms with van der Waals surface area (Å²) in [7, 11) is 0. The maximum Gasteiger partial charge on any atom is 0.123 e. The molecule has 2 N–H and O–H groups in total. The highest BCUT2D eigenvalue weighted by Crippen LogP contribution is 2.26. The van der Waals surface area contributed by atoms with Crippen molar-refractivity contribution in [3.8, 4) is 0 Å². The average Bonchev–Trinajstić information content (AvgIpc) is 2.34. The van der Waals surface area contributed by atoms with Crippen molar-refractivity contribution in [1.29, 1.82) is 0 Å². The summed E-state index contributed by atoms with van der Waals surface area (Å²) < 4.78 is 18.7. The molecule has 2 nitrogen and oxygen atoms in total. The molecule has 1 fully saturated rings. The van der Waals surface area contributed by atoms with E-state index in [1.54, 1.807) is 6.07 Å². The topological polar surface area (TPSA) is 35.2 Å². The SMILES string of the molecule is NC1(COCc2cc(F)ccc2Cl)CCCCC1. The molecule has 0 saturated heterocycles. The van der Waals surface area contributed by atoms with Gasteiger partial charge in [0.2, 0.25) is 0 Å². The molecule has 0 aromatic heterocycles. The molecule has 4 heteroatoms. The maximum absolute atomic E-state index is 13.1. The number of halogens is 2. The van der Waals surface area contributed by atoms with E-state index in [1.807, 2.05) is 0 Å². The number of rotatable bonds is 4. The van der Waals surface area contributed by atoms with E-state index < -0.39 is 0 Å². The second-order valence-electron chi connectivity index (χ2n) is 5.15. The Labute approximate surface area is 112 Å². The summed E-state index contributed by atoms with van der Waals surface area (Å²) in [5.41, 5.74) is 6.73. The van der Waals surface area contributed by atoms with Crippen LogP contribution in [0.1, 0.15) is 37.7 Å². The number of ether oxygens (including phenoxy) is 1. The minimum Gasteiger partial charge on any atom is -0.375 e. The van der Waals surface area contributed by atoms with Crippen molar-refractivity contribution >= 4 is 11.6 Å². The molecule has 100 valence electrons. The Bertz CT molecular complexity index is 405. The summed E-state index contributed by atoms with van der Waals surface area (Å²) >= 11 is 5.97. The normalized spacial score (nSPS) is 18.8. The van der Waals surface area contributed by atoms with E-state index in [9.17, 15) is 4.39 Å². The van der Waals surface area contributed by atoms with E-state index in [2.05, 4.69) is 0 Å². The second kappa shape index (κ2) is 6.00. The second-order valence-corrected chi connectivity index (χ2v) is 5.56. The molecule has 0 radical (unpaired) electrons. The quantitative estimate of drug-likeness (QED) is 0.907. The summed E-state index contributed by atoms with van der Waals surface area (Å²) in [5.74, 6) is -0.293. The molecule has 1 aliphatic rings. The summed E-state index contributed by atoms with van der Waals surface area (Å²) in [5, 5.41) is 0.533. The van der Waals surface area contributed by atoms with Crippen molar-refractivity contribution in [2.75, 3.05) is 6.61 Å². The molecule has 0 aliphatic heterocycles. The third-order valence-corrected chi connectivity index (χ3v) is 3.87.